The summed E-state index contributed by atoms with van der Waals surface area (Å²) in [5.74, 6) is -0.365. The van der Waals surface area contributed by atoms with Gasteiger partial charge in [0.15, 0.2) is 5.43 Å². The molecule has 36 heavy (non-hydrogen) atoms. The number of aromatic nitrogens is 2. The number of hydrogen-bond donors (Lipinski definition) is 1. The lowest BCUT2D eigenvalue weighted by Gasteiger charge is -2.25. The lowest BCUT2D eigenvalue weighted by molar-refractivity contribution is 0.0704. The lowest BCUT2D eigenvalue weighted by atomic mass is 10.0. The maximum atomic E-state index is 13.9. The van der Waals surface area contributed by atoms with Crippen molar-refractivity contribution in [3.8, 4) is 0 Å². The molecule has 0 radical (unpaired) electrons. The Morgan fingerprint density at radius 3 is 2.22 bits per heavy atom. The van der Waals surface area contributed by atoms with Gasteiger partial charge in [0.25, 0.3) is 5.91 Å². The highest BCUT2D eigenvalue weighted by molar-refractivity contribution is 5.95. The second kappa shape index (κ2) is 12.1. The molecule has 0 unspecified atom stereocenters. The number of aliphatic hydroxyl groups excluding tert-OH is 1. The largest absolute Gasteiger partial charge is 0.395 e. The fourth-order valence-corrected chi connectivity index (χ4v) is 4.43. The minimum absolute atomic E-state index is 0.138. The van der Waals surface area contributed by atoms with Crippen molar-refractivity contribution in [1.82, 2.24) is 14.5 Å². The molecule has 0 aliphatic carbocycles. The molecule has 6 nitrogen and oxygen atoms in total. The van der Waals surface area contributed by atoms with Crippen LogP contribution < -0.4 is 5.43 Å². The Kier molecular flexibility index (Phi) is 8.42. The van der Waals surface area contributed by atoms with Crippen LogP contribution in [-0.2, 0) is 25.9 Å². The van der Waals surface area contributed by atoms with Gasteiger partial charge in [-0.05, 0) is 43.0 Å². The minimum Gasteiger partial charge on any atom is -0.395 e. The Labute approximate surface area is 211 Å². The summed E-state index contributed by atoms with van der Waals surface area (Å²) in [5, 5.41) is 9.71. The van der Waals surface area contributed by atoms with Crippen LogP contribution in [0, 0.1) is 6.92 Å². The van der Waals surface area contributed by atoms with Crippen molar-refractivity contribution in [1.29, 1.82) is 0 Å². The molecule has 1 N–H and O–H groups in total. The Bertz CT molecular complexity index is 1340. The fraction of sp³-hybridized carbons (Fsp3) is 0.233. The first-order valence-corrected chi connectivity index (χ1v) is 12.2. The summed E-state index contributed by atoms with van der Waals surface area (Å²) in [6.07, 6.45) is 2.95. The number of rotatable bonds is 10. The van der Waals surface area contributed by atoms with E-state index in [4.69, 9.17) is 0 Å². The molecule has 2 aromatic heterocycles. The van der Waals surface area contributed by atoms with Gasteiger partial charge in [0.1, 0.15) is 5.56 Å². The zero-order valence-corrected chi connectivity index (χ0v) is 20.5. The molecule has 6 heteroatoms. The molecule has 0 bridgehead atoms. The van der Waals surface area contributed by atoms with Gasteiger partial charge < -0.3 is 14.6 Å². The molecule has 4 aromatic rings. The van der Waals surface area contributed by atoms with Crippen LogP contribution in [0.3, 0.4) is 0 Å². The normalized spacial score (nSPS) is 10.8. The van der Waals surface area contributed by atoms with Crippen molar-refractivity contribution in [2.75, 3.05) is 13.2 Å². The third-order valence-corrected chi connectivity index (χ3v) is 6.25. The van der Waals surface area contributed by atoms with E-state index in [1.807, 2.05) is 90.4 Å². The SMILES string of the molecule is Cc1cc(=O)c(C(=O)N(CCO)Cc2ccccc2)c(CCc2ccccc2)n1Cc1ccccn1. The summed E-state index contributed by atoms with van der Waals surface area (Å²) in [7, 11) is 0. The minimum atomic E-state index is -0.365. The van der Waals surface area contributed by atoms with Crippen molar-refractivity contribution >= 4 is 5.91 Å². The average Bonchev–Trinajstić information content (AvgIpc) is 2.90. The van der Waals surface area contributed by atoms with Crippen LogP contribution in [0.15, 0.2) is 95.9 Å². The van der Waals surface area contributed by atoms with Crippen molar-refractivity contribution < 1.29 is 9.90 Å². The number of benzene rings is 2. The van der Waals surface area contributed by atoms with E-state index in [1.54, 1.807) is 11.1 Å². The topological polar surface area (TPSA) is 75.4 Å². The number of pyridine rings is 2. The highest BCUT2D eigenvalue weighted by atomic mass is 16.3. The molecule has 0 aliphatic rings. The van der Waals surface area contributed by atoms with Crippen LogP contribution >= 0.6 is 0 Å². The molecule has 2 heterocycles. The number of nitrogens with zero attached hydrogens (tertiary/aromatic N) is 3. The van der Waals surface area contributed by atoms with Gasteiger partial charge in [0.2, 0.25) is 0 Å². The van der Waals surface area contributed by atoms with Crippen LogP contribution in [0.2, 0.25) is 0 Å². The lowest BCUT2D eigenvalue weighted by Crippen LogP contribution is -2.38. The van der Waals surface area contributed by atoms with E-state index in [2.05, 4.69) is 4.98 Å². The molecule has 4 rings (SSSR count). The van der Waals surface area contributed by atoms with Crippen LogP contribution in [0.1, 0.15) is 38.6 Å². The average molecular weight is 482 g/mol. The van der Waals surface area contributed by atoms with Gasteiger partial charge in [0.05, 0.1) is 18.8 Å². The Morgan fingerprint density at radius 2 is 1.58 bits per heavy atom. The molecule has 2 aromatic carbocycles. The highest BCUT2D eigenvalue weighted by Crippen LogP contribution is 2.18. The predicted octanol–water partition coefficient (Wildman–Crippen LogP) is 4.02. The number of carbonyl (C=O) groups is 1. The van der Waals surface area contributed by atoms with Gasteiger partial charge in [-0.2, -0.15) is 0 Å². The smallest absolute Gasteiger partial charge is 0.259 e. The van der Waals surface area contributed by atoms with Crippen LogP contribution in [-0.4, -0.2) is 38.6 Å². The second-order valence-corrected chi connectivity index (χ2v) is 8.80. The van der Waals surface area contributed by atoms with E-state index in [-0.39, 0.29) is 30.1 Å². The van der Waals surface area contributed by atoms with Gasteiger partial charge in [-0.3, -0.25) is 14.6 Å². The van der Waals surface area contributed by atoms with Crippen LogP contribution in [0.5, 0.6) is 0 Å². The second-order valence-electron chi connectivity index (χ2n) is 8.80. The Balaban J connectivity index is 1.78. The van der Waals surface area contributed by atoms with Gasteiger partial charge in [-0.1, -0.05) is 66.7 Å². The summed E-state index contributed by atoms with van der Waals surface area (Å²) in [5.41, 5.74) is 4.25. The third kappa shape index (κ3) is 6.15. The number of aliphatic hydroxyl groups is 1. The van der Waals surface area contributed by atoms with Crippen molar-refractivity contribution in [2.24, 2.45) is 0 Å². The van der Waals surface area contributed by atoms with E-state index in [1.165, 1.54) is 6.07 Å². The summed E-state index contributed by atoms with van der Waals surface area (Å²) in [4.78, 5) is 33.3. The molecule has 0 spiro atoms. The van der Waals surface area contributed by atoms with E-state index < -0.39 is 0 Å². The molecule has 0 aliphatic heterocycles. The summed E-state index contributed by atoms with van der Waals surface area (Å²) in [6.45, 7) is 2.60. The first kappa shape index (κ1) is 25.1. The molecule has 1 amide bonds. The monoisotopic (exact) mass is 481 g/mol. The van der Waals surface area contributed by atoms with E-state index in [0.29, 0.717) is 31.6 Å². The van der Waals surface area contributed by atoms with Crippen molar-refractivity contribution in [2.45, 2.75) is 32.9 Å². The molecule has 0 atom stereocenters. The number of aryl methyl sites for hydroxylation is 2. The zero-order valence-electron chi connectivity index (χ0n) is 20.5. The maximum Gasteiger partial charge on any atom is 0.259 e. The van der Waals surface area contributed by atoms with Gasteiger partial charge in [-0.15, -0.1) is 0 Å². The highest BCUT2D eigenvalue weighted by Gasteiger charge is 2.25. The molecule has 0 fully saturated rings. The Morgan fingerprint density at radius 1 is 0.917 bits per heavy atom. The fourth-order valence-electron chi connectivity index (χ4n) is 4.43. The standard InChI is InChI=1S/C30H31N3O3/c1-23-20-28(35)29(30(36)32(18-19-34)21-25-12-6-3-7-13-25)27(16-15-24-10-4-2-5-11-24)33(23)22-26-14-8-9-17-31-26/h2-14,17,20,34H,15-16,18-19,21-22H2,1H3. The molecule has 0 saturated heterocycles. The van der Waals surface area contributed by atoms with Crippen LogP contribution in [0.4, 0.5) is 0 Å². The zero-order chi connectivity index (χ0) is 25.3. The number of amides is 1. The van der Waals surface area contributed by atoms with Crippen molar-refractivity contribution in [3.05, 3.63) is 135 Å². The van der Waals surface area contributed by atoms with E-state index in [0.717, 1.165) is 22.5 Å². The predicted molar refractivity (Wildman–Crippen MR) is 141 cm³/mol. The van der Waals surface area contributed by atoms with Gasteiger partial charge in [-0.25, -0.2) is 0 Å². The number of carbonyl (C=O) groups excluding carboxylic acids is 1. The number of hydrogen-bond acceptors (Lipinski definition) is 4. The molecular weight excluding hydrogens is 450 g/mol. The molecular formula is C30H31N3O3. The molecule has 0 saturated carbocycles. The van der Waals surface area contributed by atoms with E-state index in [9.17, 15) is 14.7 Å². The maximum absolute atomic E-state index is 13.9. The molecule has 184 valence electrons. The van der Waals surface area contributed by atoms with E-state index >= 15 is 0 Å². The van der Waals surface area contributed by atoms with Crippen molar-refractivity contribution in [3.63, 3.8) is 0 Å². The van der Waals surface area contributed by atoms with Crippen LogP contribution in [0.25, 0.3) is 0 Å². The Hall–Kier alpha value is -4.03. The van der Waals surface area contributed by atoms with Gasteiger partial charge >= 0.3 is 0 Å². The third-order valence-electron chi connectivity index (χ3n) is 6.25. The summed E-state index contributed by atoms with van der Waals surface area (Å²) in [6, 6.07) is 26.9. The quantitative estimate of drug-likeness (QED) is 0.371. The first-order valence-electron chi connectivity index (χ1n) is 12.2. The first-order chi connectivity index (χ1) is 17.6. The summed E-state index contributed by atoms with van der Waals surface area (Å²) < 4.78 is 2.03. The summed E-state index contributed by atoms with van der Waals surface area (Å²) >= 11 is 0. The van der Waals surface area contributed by atoms with Gasteiger partial charge in [0, 0.05) is 36.7 Å².